The topological polar surface area (TPSA) is 152 Å². The van der Waals surface area contributed by atoms with Gasteiger partial charge in [0.2, 0.25) is 0 Å². The first-order valence-corrected chi connectivity index (χ1v) is 13.2. The Morgan fingerprint density at radius 1 is 0.902 bits per heavy atom. The molecule has 0 spiro atoms. The van der Waals surface area contributed by atoms with Crippen LogP contribution in [-0.2, 0) is 0 Å². The molecule has 1 atom stereocenters. The minimum atomic E-state index is -0.826. The first kappa shape index (κ1) is 24.5. The molecule has 3 aromatic heterocycles. The second-order valence-corrected chi connectivity index (χ2v) is 10.2. The molecule has 7 rings (SSSR count). The van der Waals surface area contributed by atoms with Crippen molar-refractivity contribution in [2.45, 2.75) is 5.92 Å². The van der Waals surface area contributed by atoms with E-state index in [4.69, 9.17) is 24.3 Å². The normalized spacial score (nSPS) is 14.7. The van der Waals surface area contributed by atoms with Gasteiger partial charge in [0.25, 0.3) is 5.69 Å². The minimum Gasteiger partial charge on any atom is -0.440 e. The zero-order valence-electron chi connectivity index (χ0n) is 20.9. The number of ether oxygens (including phenoxy) is 1. The van der Waals surface area contributed by atoms with Crippen LogP contribution in [0.1, 0.15) is 22.1 Å². The Morgan fingerprint density at radius 3 is 2.39 bits per heavy atom. The summed E-state index contributed by atoms with van der Waals surface area (Å²) in [6.07, 6.45) is 0. The van der Waals surface area contributed by atoms with Gasteiger partial charge < -0.3 is 19.3 Å². The molecular formula is C30H17N3O7S. The summed E-state index contributed by atoms with van der Waals surface area (Å²) in [5, 5.41) is 14.7. The van der Waals surface area contributed by atoms with Crippen LogP contribution in [0.5, 0.6) is 5.75 Å². The standard InChI is InChI=1S/C30H17N3O7S/c31-27-25(28-32-20(14-41-28)19-13-16-5-1-3-7-21(16)38-29(19)34)23(15-9-11-17(12-10-15)33(36)37)24-26(40-27)18-6-2-4-8-22(18)39-30(24)35/h1-14,23H,31H2. The molecule has 1 aliphatic heterocycles. The number of hydrogen-bond donors (Lipinski definition) is 1. The number of thiazole rings is 1. The maximum Gasteiger partial charge on any atom is 0.345 e. The monoisotopic (exact) mass is 563 g/mol. The van der Waals surface area contributed by atoms with Crippen molar-refractivity contribution in [3.8, 4) is 17.0 Å². The largest absolute Gasteiger partial charge is 0.440 e. The Labute approximate surface area is 233 Å². The number of fused-ring (bicyclic) bond motifs is 4. The highest BCUT2D eigenvalue weighted by molar-refractivity contribution is 7.11. The Balaban J connectivity index is 1.43. The fourth-order valence-electron chi connectivity index (χ4n) is 5.06. The number of rotatable bonds is 4. The molecule has 0 radical (unpaired) electrons. The molecule has 4 heterocycles. The molecule has 1 aliphatic rings. The Hall–Kier alpha value is -5.55. The van der Waals surface area contributed by atoms with E-state index in [1.807, 2.05) is 12.1 Å². The molecule has 1 unspecified atom stereocenters. The Morgan fingerprint density at radius 2 is 1.61 bits per heavy atom. The molecule has 0 amide bonds. The van der Waals surface area contributed by atoms with Crippen LogP contribution in [-0.4, -0.2) is 9.91 Å². The SMILES string of the molecule is NC1=C(c2nc(-c3cc4ccccc4oc3=O)cs2)C(c2ccc([N+](=O)[O-])cc2)c2c(c3ccccc3oc2=O)O1. The van der Waals surface area contributed by atoms with Crippen LogP contribution in [0.4, 0.5) is 5.69 Å². The molecule has 6 aromatic rings. The molecule has 0 fully saturated rings. The van der Waals surface area contributed by atoms with Gasteiger partial charge in [-0.25, -0.2) is 14.6 Å². The highest BCUT2D eigenvalue weighted by Gasteiger charge is 2.37. The summed E-state index contributed by atoms with van der Waals surface area (Å²) in [4.78, 5) is 41.8. The molecule has 0 bridgehead atoms. The molecule has 41 heavy (non-hydrogen) atoms. The number of non-ortho nitro benzene ring substituents is 1. The maximum atomic E-state index is 13.4. The average molecular weight is 564 g/mol. The molecular weight excluding hydrogens is 546 g/mol. The van der Waals surface area contributed by atoms with E-state index in [-0.39, 0.29) is 28.4 Å². The Bertz CT molecular complexity index is 2180. The van der Waals surface area contributed by atoms with Gasteiger partial charge in [0.05, 0.1) is 38.6 Å². The molecule has 0 saturated carbocycles. The zero-order chi connectivity index (χ0) is 28.2. The van der Waals surface area contributed by atoms with Crippen molar-refractivity contribution in [2.24, 2.45) is 5.73 Å². The second-order valence-electron chi connectivity index (χ2n) is 9.31. The highest BCUT2D eigenvalue weighted by atomic mass is 32.1. The van der Waals surface area contributed by atoms with Crippen molar-refractivity contribution in [3.63, 3.8) is 0 Å². The number of aromatic nitrogens is 1. The maximum absolute atomic E-state index is 13.4. The van der Waals surface area contributed by atoms with E-state index in [9.17, 15) is 19.7 Å². The van der Waals surface area contributed by atoms with Gasteiger partial charge in [0, 0.05) is 22.9 Å². The molecule has 3 aromatic carbocycles. The zero-order valence-corrected chi connectivity index (χ0v) is 21.7. The summed E-state index contributed by atoms with van der Waals surface area (Å²) >= 11 is 1.21. The predicted molar refractivity (Wildman–Crippen MR) is 153 cm³/mol. The van der Waals surface area contributed by atoms with E-state index in [2.05, 4.69) is 0 Å². The number of nitrogens with two attached hydrogens (primary N) is 1. The lowest BCUT2D eigenvalue weighted by molar-refractivity contribution is -0.384. The highest BCUT2D eigenvalue weighted by Crippen LogP contribution is 2.48. The smallest absolute Gasteiger partial charge is 0.345 e. The van der Waals surface area contributed by atoms with Crippen molar-refractivity contribution >= 4 is 44.5 Å². The number of para-hydroxylation sites is 2. The second kappa shape index (κ2) is 9.28. The fourth-order valence-corrected chi connectivity index (χ4v) is 5.96. The van der Waals surface area contributed by atoms with Crippen molar-refractivity contribution in [1.29, 1.82) is 0 Å². The van der Waals surface area contributed by atoms with E-state index in [0.29, 0.717) is 38.4 Å². The number of benzene rings is 3. The van der Waals surface area contributed by atoms with Crippen molar-refractivity contribution in [3.05, 3.63) is 137 Å². The van der Waals surface area contributed by atoms with Gasteiger partial charge in [-0.3, -0.25) is 10.1 Å². The summed E-state index contributed by atoms with van der Waals surface area (Å²) in [6.45, 7) is 0. The molecule has 10 nitrogen and oxygen atoms in total. The van der Waals surface area contributed by atoms with Gasteiger partial charge in [0.15, 0.2) is 11.6 Å². The van der Waals surface area contributed by atoms with E-state index < -0.39 is 22.1 Å². The molecule has 0 aliphatic carbocycles. The van der Waals surface area contributed by atoms with Crippen molar-refractivity contribution in [2.75, 3.05) is 0 Å². The number of nitro benzene ring substituents is 1. The van der Waals surface area contributed by atoms with Crippen LogP contribution >= 0.6 is 11.3 Å². The lowest BCUT2D eigenvalue weighted by Crippen LogP contribution is -2.26. The number of nitrogens with zero attached hydrogens (tertiary/aromatic N) is 2. The van der Waals surface area contributed by atoms with Crippen LogP contribution < -0.4 is 21.7 Å². The molecule has 200 valence electrons. The van der Waals surface area contributed by atoms with E-state index in [0.717, 1.165) is 5.39 Å². The van der Waals surface area contributed by atoms with Gasteiger partial charge >= 0.3 is 11.3 Å². The van der Waals surface area contributed by atoms with Gasteiger partial charge in [-0.1, -0.05) is 42.5 Å². The average Bonchev–Trinajstić information content (AvgIpc) is 3.46. The third-order valence-electron chi connectivity index (χ3n) is 6.94. The van der Waals surface area contributed by atoms with Gasteiger partial charge in [-0.15, -0.1) is 11.3 Å². The van der Waals surface area contributed by atoms with Gasteiger partial charge in [0.1, 0.15) is 16.2 Å². The van der Waals surface area contributed by atoms with Crippen molar-refractivity contribution < 1.29 is 18.5 Å². The number of allylic oxidation sites excluding steroid dienone is 1. The lowest BCUT2D eigenvalue weighted by Gasteiger charge is -2.28. The quantitative estimate of drug-likeness (QED) is 0.160. The fraction of sp³-hybridized carbons (Fsp3) is 0.0333. The van der Waals surface area contributed by atoms with Crippen LogP contribution in [0.15, 0.2) is 109 Å². The van der Waals surface area contributed by atoms with Crippen LogP contribution in [0, 0.1) is 10.1 Å². The lowest BCUT2D eigenvalue weighted by atomic mass is 9.83. The summed E-state index contributed by atoms with van der Waals surface area (Å²) in [5.74, 6) is -0.580. The summed E-state index contributed by atoms with van der Waals surface area (Å²) in [6, 6.07) is 21.6. The summed E-state index contributed by atoms with van der Waals surface area (Å²) in [7, 11) is 0. The predicted octanol–water partition coefficient (Wildman–Crippen LogP) is 5.78. The van der Waals surface area contributed by atoms with Gasteiger partial charge in [-0.2, -0.15) is 0 Å². The first-order valence-electron chi connectivity index (χ1n) is 12.4. The molecule has 0 saturated heterocycles. The van der Waals surface area contributed by atoms with Gasteiger partial charge in [-0.05, 0) is 29.8 Å². The minimum absolute atomic E-state index is 0.00283. The molecule has 2 N–H and O–H groups in total. The first-order chi connectivity index (χ1) is 19.9. The van der Waals surface area contributed by atoms with E-state index >= 15 is 0 Å². The van der Waals surface area contributed by atoms with Crippen molar-refractivity contribution in [1.82, 2.24) is 4.98 Å². The van der Waals surface area contributed by atoms with E-state index in [1.54, 1.807) is 60.0 Å². The number of hydrogen-bond acceptors (Lipinski definition) is 10. The third-order valence-corrected chi connectivity index (χ3v) is 7.82. The molecule has 11 heteroatoms. The van der Waals surface area contributed by atoms with Crippen LogP contribution in [0.2, 0.25) is 0 Å². The number of nitro groups is 1. The third kappa shape index (κ3) is 3.98. The van der Waals surface area contributed by atoms with Crippen LogP contribution in [0.25, 0.3) is 38.8 Å². The summed E-state index contributed by atoms with van der Waals surface area (Å²) < 4.78 is 17.2. The van der Waals surface area contributed by atoms with Crippen LogP contribution in [0.3, 0.4) is 0 Å². The van der Waals surface area contributed by atoms with E-state index in [1.165, 1.54) is 23.5 Å². The summed E-state index contributed by atoms with van der Waals surface area (Å²) in [5.41, 5.74) is 7.74. The Kier molecular flexibility index (Phi) is 5.54.